The van der Waals surface area contributed by atoms with Crippen LogP contribution in [0.15, 0.2) is 18.2 Å². The highest BCUT2D eigenvalue weighted by Gasteiger charge is 2.27. The van der Waals surface area contributed by atoms with Crippen LogP contribution in [0.4, 0.5) is 20.6 Å². The van der Waals surface area contributed by atoms with Gasteiger partial charge in [0, 0.05) is 37.8 Å². The Hall–Kier alpha value is -2.31. The molecule has 0 radical (unpaired) electrons. The lowest BCUT2D eigenvalue weighted by atomic mass is 9.97. The van der Waals surface area contributed by atoms with Crippen molar-refractivity contribution in [3.63, 3.8) is 0 Å². The van der Waals surface area contributed by atoms with Crippen LogP contribution in [0.1, 0.15) is 41.5 Å². The van der Waals surface area contributed by atoms with Gasteiger partial charge in [-0.05, 0) is 44.9 Å². The highest BCUT2D eigenvalue weighted by molar-refractivity contribution is 5.92. The van der Waals surface area contributed by atoms with E-state index < -0.39 is 5.60 Å². The minimum absolute atomic E-state index is 0.117. The van der Waals surface area contributed by atoms with Crippen LogP contribution in [0.3, 0.4) is 0 Å². The van der Waals surface area contributed by atoms with Crippen molar-refractivity contribution < 1.29 is 18.7 Å². The molecule has 6 nitrogen and oxygen atoms in total. The van der Waals surface area contributed by atoms with Gasteiger partial charge in [0.1, 0.15) is 11.4 Å². The number of ether oxygens (including phenoxy) is 1. The minimum atomic E-state index is -0.534. The molecule has 0 unspecified atom stereocenters. The number of hydrogen-bond acceptors (Lipinski definition) is 4. The van der Waals surface area contributed by atoms with E-state index in [1.165, 1.54) is 6.07 Å². The van der Waals surface area contributed by atoms with E-state index >= 15 is 0 Å². The van der Waals surface area contributed by atoms with E-state index in [4.69, 9.17) is 4.74 Å². The molecule has 0 saturated carbocycles. The Morgan fingerprint density at radius 3 is 2.21 bits per heavy atom. The largest absolute Gasteiger partial charge is 0.444 e. The van der Waals surface area contributed by atoms with Gasteiger partial charge in [0.2, 0.25) is 5.91 Å². The van der Waals surface area contributed by atoms with Crippen LogP contribution in [0.2, 0.25) is 0 Å². The smallest absolute Gasteiger partial charge is 0.410 e. The lowest BCUT2D eigenvalue weighted by molar-refractivity contribution is -0.120. The van der Waals surface area contributed by atoms with Gasteiger partial charge >= 0.3 is 6.09 Å². The molecule has 1 aromatic carbocycles. The summed E-state index contributed by atoms with van der Waals surface area (Å²) in [5.41, 5.74) is 0.387. The molecule has 1 saturated heterocycles. The van der Waals surface area contributed by atoms with Crippen molar-refractivity contribution in [2.24, 2.45) is 11.8 Å². The van der Waals surface area contributed by atoms with Gasteiger partial charge in [-0.2, -0.15) is 0 Å². The molecule has 28 heavy (non-hydrogen) atoms. The maximum atomic E-state index is 14.6. The molecule has 0 bridgehead atoms. The first-order valence-corrected chi connectivity index (χ1v) is 9.81. The van der Waals surface area contributed by atoms with Crippen LogP contribution in [0.5, 0.6) is 0 Å². The lowest BCUT2D eigenvalue weighted by Crippen LogP contribution is -2.50. The van der Waals surface area contributed by atoms with Crippen molar-refractivity contribution in [2.45, 2.75) is 47.1 Å². The molecule has 1 N–H and O–H groups in total. The Labute approximate surface area is 167 Å². The fourth-order valence-electron chi connectivity index (χ4n) is 2.86. The number of piperazine rings is 1. The zero-order chi connectivity index (χ0) is 21.1. The maximum absolute atomic E-state index is 14.6. The number of carbonyl (C=O) groups excluding carboxylic acids is 2. The first-order chi connectivity index (χ1) is 13.0. The van der Waals surface area contributed by atoms with E-state index in [1.807, 2.05) is 46.4 Å². The Bertz CT molecular complexity index is 707. The molecule has 156 valence electrons. The summed E-state index contributed by atoms with van der Waals surface area (Å²) in [7, 11) is 0. The molecule has 1 atom stereocenters. The van der Waals surface area contributed by atoms with Gasteiger partial charge in [-0.1, -0.05) is 20.8 Å². The number of carbonyl (C=O) groups is 2. The highest BCUT2D eigenvalue weighted by Crippen LogP contribution is 2.25. The van der Waals surface area contributed by atoms with E-state index in [0.29, 0.717) is 37.6 Å². The Balaban J connectivity index is 1.97. The molecule has 7 heteroatoms. The molecule has 1 aliphatic rings. The molecule has 0 spiro atoms. The van der Waals surface area contributed by atoms with E-state index in [-0.39, 0.29) is 29.7 Å². The number of rotatable bonds is 4. The monoisotopic (exact) mass is 393 g/mol. The third-order valence-corrected chi connectivity index (χ3v) is 4.90. The van der Waals surface area contributed by atoms with Crippen LogP contribution in [-0.2, 0) is 9.53 Å². The van der Waals surface area contributed by atoms with Crippen molar-refractivity contribution in [1.29, 1.82) is 0 Å². The summed E-state index contributed by atoms with van der Waals surface area (Å²) in [5.74, 6) is -0.442. The number of nitrogens with zero attached hydrogens (tertiary/aromatic N) is 2. The van der Waals surface area contributed by atoms with Gasteiger partial charge in [0.05, 0.1) is 5.69 Å². The Morgan fingerprint density at radius 2 is 1.71 bits per heavy atom. The summed E-state index contributed by atoms with van der Waals surface area (Å²) in [6.45, 7) is 13.3. The van der Waals surface area contributed by atoms with Gasteiger partial charge < -0.3 is 19.9 Å². The minimum Gasteiger partial charge on any atom is -0.444 e. The second-order valence-corrected chi connectivity index (χ2v) is 8.64. The van der Waals surface area contributed by atoms with Crippen LogP contribution >= 0.6 is 0 Å². The quantitative estimate of drug-likeness (QED) is 0.836. The van der Waals surface area contributed by atoms with Crippen LogP contribution in [0.25, 0.3) is 0 Å². The molecular weight excluding hydrogens is 361 g/mol. The average molecular weight is 394 g/mol. The summed E-state index contributed by atoms with van der Waals surface area (Å²) in [6, 6.07) is 4.73. The molecule has 2 amide bonds. The van der Waals surface area contributed by atoms with Crippen molar-refractivity contribution in [3.8, 4) is 0 Å². The average Bonchev–Trinajstić information content (AvgIpc) is 2.59. The third-order valence-electron chi connectivity index (χ3n) is 4.90. The van der Waals surface area contributed by atoms with Crippen LogP contribution in [0, 0.1) is 17.7 Å². The number of nitrogens with one attached hydrogen (secondary N) is 1. The van der Waals surface area contributed by atoms with E-state index in [2.05, 4.69) is 5.32 Å². The number of anilines is 2. The zero-order valence-corrected chi connectivity index (χ0v) is 17.7. The highest BCUT2D eigenvalue weighted by atomic mass is 19.1. The number of halogens is 1. The fourth-order valence-corrected chi connectivity index (χ4v) is 2.86. The Morgan fingerprint density at radius 1 is 1.11 bits per heavy atom. The van der Waals surface area contributed by atoms with E-state index in [9.17, 15) is 14.0 Å². The summed E-state index contributed by atoms with van der Waals surface area (Å²) in [5, 5.41) is 2.77. The normalized spacial score (nSPS) is 16.1. The number of benzene rings is 1. The topological polar surface area (TPSA) is 61.9 Å². The van der Waals surface area contributed by atoms with Crippen LogP contribution in [-0.4, -0.2) is 48.7 Å². The fraction of sp³-hybridized carbons (Fsp3) is 0.619. The SMILES string of the molecule is CC(C)[C@@H](C)C(=O)Nc1ccc(N2CCN(C(=O)OC(C)(C)C)CC2)c(F)c1. The van der Waals surface area contributed by atoms with E-state index in [1.54, 1.807) is 17.0 Å². The second-order valence-electron chi connectivity index (χ2n) is 8.64. The summed E-state index contributed by atoms with van der Waals surface area (Å²) in [6.07, 6.45) is -0.343. The molecule has 1 aromatic rings. The first-order valence-electron chi connectivity index (χ1n) is 9.81. The third kappa shape index (κ3) is 5.84. The maximum Gasteiger partial charge on any atom is 0.410 e. The predicted molar refractivity (Wildman–Crippen MR) is 109 cm³/mol. The molecule has 1 aliphatic heterocycles. The second kappa shape index (κ2) is 8.80. The Kier molecular flexibility index (Phi) is 6.91. The molecule has 1 fully saturated rings. The summed E-state index contributed by atoms with van der Waals surface area (Å²) in [4.78, 5) is 27.8. The zero-order valence-electron chi connectivity index (χ0n) is 17.7. The van der Waals surface area contributed by atoms with Crippen molar-refractivity contribution in [3.05, 3.63) is 24.0 Å². The van der Waals surface area contributed by atoms with Crippen LogP contribution < -0.4 is 10.2 Å². The van der Waals surface area contributed by atoms with Crippen molar-refractivity contribution >= 4 is 23.4 Å². The van der Waals surface area contributed by atoms with Crippen molar-refractivity contribution in [2.75, 3.05) is 36.4 Å². The standard InChI is InChI=1S/C21H32FN3O3/c1-14(2)15(3)19(26)23-16-7-8-18(17(22)13-16)24-9-11-25(12-10-24)20(27)28-21(4,5)6/h7-8,13-15H,9-12H2,1-6H3,(H,23,26)/t15-/m1/s1. The molecule has 1 heterocycles. The molecule has 2 rings (SSSR count). The summed E-state index contributed by atoms with van der Waals surface area (Å²) >= 11 is 0. The predicted octanol–water partition coefficient (Wildman–Crippen LogP) is 4.11. The lowest BCUT2D eigenvalue weighted by Gasteiger charge is -2.36. The number of amides is 2. The van der Waals surface area contributed by atoms with E-state index in [0.717, 1.165) is 0 Å². The number of hydrogen-bond donors (Lipinski definition) is 1. The van der Waals surface area contributed by atoms with Gasteiger partial charge in [0.15, 0.2) is 0 Å². The van der Waals surface area contributed by atoms with Gasteiger partial charge in [-0.3, -0.25) is 4.79 Å². The first kappa shape index (κ1) is 22.0. The summed E-state index contributed by atoms with van der Waals surface area (Å²) < 4.78 is 20.0. The van der Waals surface area contributed by atoms with Gasteiger partial charge in [-0.25, -0.2) is 9.18 Å². The molecule has 0 aliphatic carbocycles. The van der Waals surface area contributed by atoms with Crippen molar-refractivity contribution in [1.82, 2.24) is 4.90 Å². The molecular formula is C21H32FN3O3. The van der Waals surface area contributed by atoms with Gasteiger partial charge in [0.25, 0.3) is 0 Å². The molecule has 0 aromatic heterocycles. The van der Waals surface area contributed by atoms with Gasteiger partial charge in [-0.15, -0.1) is 0 Å².